The molecular weight excluding hydrogens is 286 g/mol. The molecule has 0 unspecified atom stereocenters. The maximum Gasteiger partial charge on any atom is 0.335 e. The summed E-state index contributed by atoms with van der Waals surface area (Å²) in [7, 11) is 0. The zero-order chi connectivity index (χ0) is 14.8. The largest absolute Gasteiger partial charge is 0.478 e. The van der Waals surface area contributed by atoms with Gasteiger partial charge in [-0.25, -0.2) is 4.79 Å². The fourth-order valence-electron chi connectivity index (χ4n) is 2.03. The van der Waals surface area contributed by atoms with Gasteiger partial charge in [-0.2, -0.15) is 0 Å². The van der Waals surface area contributed by atoms with Gasteiger partial charge < -0.3 is 10.1 Å². The van der Waals surface area contributed by atoms with E-state index in [0.717, 1.165) is 15.3 Å². The van der Waals surface area contributed by atoms with Crippen LogP contribution < -0.4 is 5.56 Å². The maximum absolute atomic E-state index is 12.0. The number of fused-ring (bicyclic) bond motifs is 1. The number of rotatable bonds is 3. The van der Waals surface area contributed by atoms with E-state index in [-0.39, 0.29) is 11.1 Å². The molecule has 2 aromatic carbocycles. The molecule has 0 atom stereocenters. The molecule has 1 aromatic heterocycles. The van der Waals surface area contributed by atoms with Crippen molar-refractivity contribution in [1.29, 1.82) is 0 Å². The van der Waals surface area contributed by atoms with E-state index in [1.54, 1.807) is 30.3 Å². The van der Waals surface area contributed by atoms with E-state index in [1.807, 2.05) is 24.3 Å². The molecular formula is C16H11NO3S. The van der Waals surface area contributed by atoms with Gasteiger partial charge in [-0.05, 0) is 41.8 Å². The van der Waals surface area contributed by atoms with Crippen molar-refractivity contribution in [3.63, 3.8) is 0 Å². The third-order valence-corrected chi connectivity index (χ3v) is 4.01. The Morgan fingerprint density at radius 3 is 2.48 bits per heavy atom. The molecule has 3 aromatic rings. The molecule has 0 spiro atoms. The Hall–Kier alpha value is -2.53. The van der Waals surface area contributed by atoms with Gasteiger partial charge in [0.25, 0.3) is 5.56 Å². The second-order valence-corrected chi connectivity index (χ2v) is 5.60. The molecule has 0 saturated carbocycles. The number of carboxylic acid groups (broad SMARTS) is 1. The van der Waals surface area contributed by atoms with Crippen LogP contribution >= 0.6 is 11.8 Å². The summed E-state index contributed by atoms with van der Waals surface area (Å²) in [4.78, 5) is 26.5. The van der Waals surface area contributed by atoms with Crippen molar-refractivity contribution in [2.75, 3.05) is 0 Å². The predicted octanol–water partition coefficient (Wildman–Crippen LogP) is 3.38. The number of pyridine rings is 1. The Kier molecular flexibility index (Phi) is 3.50. The minimum Gasteiger partial charge on any atom is -0.478 e. The van der Waals surface area contributed by atoms with Crippen LogP contribution in [0.3, 0.4) is 0 Å². The van der Waals surface area contributed by atoms with Gasteiger partial charge in [-0.1, -0.05) is 30.0 Å². The molecule has 4 nitrogen and oxygen atoms in total. The number of nitrogens with one attached hydrogen (secondary N) is 1. The van der Waals surface area contributed by atoms with E-state index in [1.165, 1.54) is 11.8 Å². The van der Waals surface area contributed by atoms with Crippen molar-refractivity contribution in [3.8, 4) is 0 Å². The minimum absolute atomic E-state index is 0.127. The molecule has 0 bridgehead atoms. The highest BCUT2D eigenvalue weighted by molar-refractivity contribution is 7.99. The van der Waals surface area contributed by atoms with Crippen LogP contribution in [0.15, 0.2) is 69.3 Å². The third-order valence-electron chi connectivity index (χ3n) is 3.06. The van der Waals surface area contributed by atoms with Gasteiger partial charge in [-0.3, -0.25) is 4.79 Å². The van der Waals surface area contributed by atoms with Gasteiger partial charge in [0.05, 0.1) is 10.6 Å². The van der Waals surface area contributed by atoms with Crippen LogP contribution in [0.5, 0.6) is 0 Å². The molecule has 0 fully saturated rings. The van der Waals surface area contributed by atoms with Crippen LogP contribution in [0.25, 0.3) is 10.8 Å². The highest BCUT2D eigenvalue weighted by Crippen LogP contribution is 2.27. The predicted molar refractivity (Wildman–Crippen MR) is 82.1 cm³/mol. The lowest BCUT2D eigenvalue weighted by molar-refractivity contribution is 0.0697. The van der Waals surface area contributed by atoms with Gasteiger partial charge >= 0.3 is 5.97 Å². The Labute approximate surface area is 124 Å². The molecule has 0 saturated heterocycles. The van der Waals surface area contributed by atoms with E-state index < -0.39 is 5.97 Å². The number of carboxylic acids is 1. The average Bonchev–Trinajstić information content (AvgIpc) is 2.48. The van der Waals surface area contributed by atoms with E-state index in [0.29, 0.717) is 5.39 Å². The van der Waals surface area contributed by atoms with E-state index in [4.69, 9.17) is 5.11 Å². The first-order valence-electron chi connectivity index (χ1n) is 6.27. The number of aromatic carboxylic acids is 1. The SMILES string of the molecule is O=C(O)c1ccc(Sc2cc3ccccc3c(=O)[nH]2)cc1. The normalized spacial score (nSPS) is 10.7. The Balaban J connectivity index is 1.94. The molecule has 5 heteroatoms. The summed E-state index contributed by atoms with van der Waals surface area (Å²) in [6.07, 6.45) is 0. The Morgan fingerprint density at radius 1 is 1.05 bits per heavy atom. The van der Waals surface area contributed by atoms with Crippen molar-refractivity contribution in [2.45, 2.75) is 9.92 Å². The lowest BCUT2D eigenvalue weighted by Crippen LogP contribution is -2.06. The molecule has 0 aliphatic rings. The van der Waals surface area contributed by atoms with Crippen molar-refractivity contribution in [2.24, 2.45) is 0 Å². The molecule has 0 aliphatic heterocycles. The average molecular weight is 297 g/mol. The number of hydrogen-bond acceptors (Lipinski definition) is 3. The van der Waals surface area contributed by atoms with Crippen molar-refractivity contribution < 1.29 is 9.90 Å². The summed E-state index contributed by atoms with van der Waals surface area (Å²) in [6, 6.07) is 15.8. The van der Waals surface area contributed by atoms with Crippen LogP contribution in [-0.4, -0.2) is 16.1 Å². The van der Waals surface area contributed by atoms with Crippen LogP contribution in [0.1, 0.15) is 10.4 Å². The van der Waals surface area contributed by atoms with Gasteiger partial charge in [0, 0.05) is 10.3 Å². The summed E-state index contributed by atoms with van der Waals surface area (Å²) < 4.78 is 0. The molecule has 0 amide bonds. The highest BCUT2D eigenvalue weighted by Gasteiger charge is 2.05. The Bertz CT molecular complexity index is 869. The van der Waals surface area contributed by atoms with Crippen LogP contribution in [0.4, 0.5) is 0 Å². The highest BCUT2D eigenvalue weighted by atomic mass is 32.2. The third kappa shape index (κ3) is 2.83. The number of hydrogen-bond donors (Lipinski definition) is 2. The summed E-state index contributed by atoms with van der Waals surface area (Å²) in [5.41, 5.74) is 0.115. The first kappa shape index (κ1) is 13.5. The molecule has 3 rings (SSSR count). The van der Waals surface area contributed by atoms with Gasteiger partial charge in [0.2, 0.25) is 0 Å². The summed E-state index contributed by atoms with van der Waals surface area (Å²) in [5.74, 6) is -0.953. The second-order valence-electron chi connectivity index (χ2n) is 4.48. The van der Waals surface area contributed by atoms with Gasteiger partial charge in [0.1, 0.15) is 0 Å². The number of aromatic amines is 1. The smallest absolute Gasteiger partial charge is 0.335 e. The first-order valence-corrected chi connectivity index (χ1v) is 7.08. The monoisotopic (exact) mass is 297 g/mol. The quantitative estimate of drug-likeness (QED) is 0.777. The number of carbonyl (C=O) groups is 1. The van der Waals surface area contributed by atoms with Gasteiger partial charge in [-0.15, -0.1) is 0 Å². The second kappa shape index (κ2) is 5.46. The zero-order valence-electron chi connectivity index (χ0n) is 10.9. The zero-order valence-corrected chi connectivity index (χ0v) is 11.7. The maximum atomic E-state index is 12.0. The molecule has 21 heavy (non-hydrogen) atoms. The van der Waals surface area contributed by atoms with Crippen LogP contribution in [0.2, 0.25) is 0 Å². The summed E-state index contributed by atoms with van der Waals surface area (Å²) >= 11 is 1.39. The first-order chi connectivity index (χ1) is 10.1. The number of benzene rings is 2. The van der Waals surface area contributed by atoms with Crippen LogP contribution in [0, 0.1) is 0 Å². The summed E-state index contributed by atoms with van der Waals surface area (Å²) in [5, 5.41) is 11.1. The topological polar surface area (TPSA) is 70.2 Å². The van der Waals surface area contributed by atoms with Crippen molar-refractivity contribution in [3.05, 3.63) is 70.5 Å². The molecule has 0 aliphatic carbocycles. The van der Waals surface area contributed by atoms with E-state index >= 15 is 0 Å². The lowest BCUT2D eigenvalue weighted by atomic mass is 10.2. The summed E-state index contributed by atoms with van der Waals surface area (Å²) in [6.45, 7) is 0. The van der Waals surface area contributed by atoms with E-state index in [9.17, 15) is 9.59 Å². The Morgan fingerprint density at radius 2 is 1.76 bits per heavy atom. The molecule has 0 radical (unpaired) electrons. The molecule has 1 heterocycles. The molecule has 104 valence electrons. The number of H-pyrrole nitrogens is 1. The minimum atomic E-state index is -0.953. The standard InChI is InChI=1S/C16H11NO3S/c18-15-13-4-2-1-3-11(13)9-14(17-15)21-12-7-5-10(6-8-12)16(19)20/h1-9H,(H,17,18)(H,19,20). The lowest BCUT2D eigenvalue weighted by Gasteiger charge is -2.04. The number of aromatic nitrogens is 1. The van der Waals surface area contributed by atoms with Crippen LogP contribution in [-0.2, 0) is 0 Å². The van der Waals surface area contributed by atoms with Crippen molar-refractivity contribution >= 4 is 28.5 Å². The van der Waals surface area contributed by atoms with Gasteiger partial charge in [0.15, 0.2) is 0 Å². The fraction of sp³-hybridized carbons (Fsp3) is 0. The molecule has 2 N–H and O–H groups in total. The van der Waals surface area contributed by atoms with Crippen molar-refractivity contribution in [1.82, 2.24) is 4.98 Å². The fourth-order valence-corrected chi connectivity index (χ4v) is 2.89. The van der Waals surface area contributed by atoms with E-state index in [2.05, 4.69) is 4.98 Å².